The second kappa shape index (κ2) is 2.60. The second-order valence-corrected chi connectivity index (χ2v) is 3.33. The first-order valence-electron chi connectivity index (χ1n) is 4.16. The number of anilines is 1. The third kappa shape index (κ3) is 1.06. The predicted molar refractivity (Wildman–Crippen MR) is 47.7 cm³/mol. The van der Waals surface area contributed by atoms with E-state index < -0.39 is 5.82 Å². The first-order chi connectivity index (χ1) is 6.11. The molecule has 4 heteroatoms. The topological polar surface area (TPSA) is 72.3 Å². The van der Waals surface area contributed by atoms with Crippen molar-refractivity contribution in [3.63, 3.8) is 0 Å². The number of hydrogen-bond acceptors (Lipinski definition) is 3. The summed E-state index contributed by atoms with van der Waals surface area (Å²) in [4.78, 5) is 0. The third-order valence-corrected chi connectivity index (χ3v) is 2.52. The Kier molecular flexibility index (Phi) is 1.66. The van der Waals surface area contributed by atoms with Gasteiger partial charge in [-0.25, -0.2) is 4.39 Å². The van der Waals surface area contributed by atoms with Crippen LogP contribution in [0.2, 0.25) is 0 Å². The summed E-state index contributed by atoms with van der Waals surface area (Å²) in [5.74, 6) is -0.642. The number of hydrogen-bond donors (Lipinski definition) is 3. The molecule has 2 rings (SSSR count). The van der Waals surface area contributed by atoms with Gasteiger partial charge in [-0.15, -0.1) is 0 Å². The van der Waals surface area contributed by atoms with Crippen LogP contribution in [0.4, 0.5) is 10.1 Å². The summed E-state index contributed by atoms with van der Waals surface area (Å²) in [6.07, 6.45) is 1.34. The minimum absolute atomic E-state index is 0.189. The fourth-order valence-corrected chi connectivity index (χ4v) is 1.83. The van der Waals surface area contributed by atoms with Crippen molar-refractivity contribution in [1.82, 2.24) is 0 Å². The molecule has 1 aromatic carbocycles. The molecular formula is C9H11FN2O. The second-order valence-electron chi connectivity index (χ2n) is 3.33. The number of nitrogens with two attached hydrogens (primary N) is 2. The van der Waals surface area contributed by atoms with Crippen LogP contribution in [0, 0.1) is 5.82 Å². The van der Waals surface area contributed by atoms with Crippen LogP contribution in [0.25, 0.3) is 0 Å². The molecule has 0 aromatic heterocycles. The summed E-state index contributed by atoms with van der Waals surface area (Å²) < 4.78 is 13.3. The number of aromatic hydroxyl groups is 1. The number of phenols is 1. The maximum absolute atomic E-state index is 13.3. The van der Waals surface area contributed by atoms with Gasteiger partial charge in [-0.1, -0.05) is 0 Å². The molecule has 0 saturated heterocycles. The van der Waals surface area contributed by atoms with E-state index in [2.05, 4.69) is 0 Å². The van der Waals surface area contributed by atoms with Gasteiger partial charge >= 0.3 is 0 Å². The van der Waals surface area contributed by atoms with E-state index in [9.17, 15) is 9.50 Å². The van der Waals surface area contributed by atoms with E-state index in [-0.39, 0.29) is 17.5 Å². The molecule has 1 atom stereocenters. The van der Waals surface area contributed by atoms with Crippen molar-refractivity contribution in [2.45, 2.75) is 18.9 Å². The van der Waals surface area contributed by atoms with Gasteiger partial charge < -0.3 is 16.6 Å². The highest BCUT2D eigenvalue weighted by Gasteiger charge is 2.26. The minimum atomic E-state index is -0.452. The van der Waals surface area contributed by atoms with E-state index in [0.29, 0.717) is 24.0 Å². The molecule has 5 N–H and O–H groups in total. The zero-order chi connectivity index (χ0) is 9.59. The number of halogens is 1. The van der Waals surface area contributed by atoms with E-state index in [0.717, 1.165) is 6.07 Å². The normalized spacial score (nSPS) is 20.3. The summed E-state index contributed by atoms with van der Waals surface area (Å²) in [5.41, 5.74) is 12.7. The zero-order valence-corrected chi connectivity index (χ0v) is 7.05. The van der Waals surface area contributed by atoms with Crippen molar-refractivity contribution in [2.75, 3.05) is 5.73 Å². The van der Waals surface area contributed by atoms with Crippen LogP contribution >= 0.6 is 0 Å². The van der Waals surface area contributed by atoms with E-state index in [4.69, 9.17) is 11.5 Å². The number of fused-ring (bicyclic) bond motifs is 1. The van der Waals surface area contributed by atoms with Crippen molar-refractivity contribution in [2.24, 2.45) is 5.73 Å². The molecule has 0 unspecified atom stereocenters. The van der Waals surface area contributed by atoms with Gasteiger partial charge in [0.1, 0.15) is 11.6 Å². The summed E-state index contributed by atoms with van der Waals surface area (Å²) in [7, 11) is 0. The Labute approximate surface area is 75.2 Å². The van der Waals surface area contributed by atoms with Crippen LogP contribution in [0.5, 0.6) is 5.75 Å². The van der Waals surface area contributed by atoms with Gasteiger partial charge in [-0.05, 0) is 18.4 Å². The molecule has 0 amide bonds. The number of rotatable bonds is 0. The molecule has 0 bridgehead atoms. The highest BCUT2D eigenvalue weighted by molar-refractivity contribution is 5.63. The van der Waals surface area contributed by atoms with Crippen molar-refractivity contribution < 1.29 is 9.50 Å². The van der Waals surface area contributed by atoms with Crippen molar-refractivity contribution >= 4 is 5.69 Å². The average molecular weight is 182 g/mol. The highest BCUT2D eigenvalue weighted by atomic mass is 19.1. The first kappa shape index (κ1) is 8.31. The zero-order valence-electron chi connectivity index (χ0n) is 7.05. The van der Waals surface area contributed by atoms with Gasteiger partial charge in [0.05, 0.1) is 5.69 Å². The molecule has 0 radical (unpaired) electrons. The molecular weight excluding hydrogens is 171 g/mol. The summed E-state index contributed by atoms with van der Waals surface area (Å²) in [6.45, 7) is 0. The molecule has 0 aliphatic heterocycles. The molecule has 1 aliphatic rings. The Hall–Kier alpha value is -1.29. The molecule has 0 saturated carbocycles. The molecule has 3 nitrogen and oxygen atoms in total. The lowest BCUT2D eigenvalue weighted by Gasteiger charge is -2.09. The van der Waals surface area contributed by atoms with E-state index in [1.54, 1.807) is 0 Å². The van der Waals surface area contributed by atoms with Crippen molar-refractivity contribution in [3.05, 3.63) is 23.0 Å². The van der Waals surface area contributed by atoms with Gasteiger partial charge in [0.25, 0.3) is 0 Å². The Morgan fingerprint density at radius 2 is 2.23 bits per heavy atom. The minimum Gasteiger partial charge on any atom is -0.506 e. The maximum Gasteiger partial charge on any atom is 0.141 e. The van der Waals surface area contributed by atoms with E-state index in [1.165, 1.54) is 0 Å². The molecule has 70 valence electrons. The molecule has 1 aromatic rings. The lowest BCUT2D eigenvalue weighted by Crippen LogP contribution is -2.08. The maximum atomic E-state index is 13.3. The summed E-state index contributed by atoms with van der Waals surface area (Å²) in [6, 6.07) is 0.747. The number of benzene rings is 1. The molecule has 0 fully saturated rings. The van der Waals surface area contributed by atoms with Gasteiger partial charge in [-0.3, -0.25) is 0 Å². The number of phenolic OH excluding ortho intramolecular Hbond substituents is 1. The molecule has 13 heavy (non-hydrogen) atoms. The third-order valence-electron chi connectivity index (χ3n) is 2.52. The fourth-order valence-electron chi connectivity index (χ4n) is 1.83. The lowest BCUT2D eigenvalue weighted by atomic mass is 10.1. The fraction of sp³-hybridized carbons (Fsp3) is 0.333. The number of nitrogen functional groups attached to an aromatic ring is 1. The van der Waals surface area contributed by atoms with Gasteiger partial charge in [0.15, 0.2) is 0 Å². The van der Waals surface area contributed by atoms with Crippen LogP contribution in [-0.4, -0.2) is 5.11 Å². The van der Waals surface area contributed by atoms with Gasteiger partial charge in [0.2, 0.25) is 0 Å². The van der Waals surface area contributed by atoms with Crippen LogP contribution in [0.1, 0.15) is 23.6 Å². The molecule has 0 spiro atoms. The Morgan fingerprint density at radius 3 is 2.92 bits per heavy atom. The van der Waals surface area contributed by atoms with Crippen LogP contribution in [-0.2, 0) is 6.42 Å². The summed E-state index contributed by atoms with van der Waals surface area (Å²) >= 11 is 0. The van der Waals surface area contributed by atoms with E-state index in [1.807, 2.05) is 0 Å². The van der Waals surface area contributed by atoms with Gasteiger partial charge in [0, 0.05) is 17.7 Å². The van der Waals surface area contributed by atoms with Crippen LogP contribution in [0.3, 0.4) is 0 Å². The van der Waals surface area contributed by atoms with Crippen molar-refractivity contribution in [3.8, 4) is 5.75 Å². The Bertz CT molecular complexity index is 365. The Morgan fingerprint density at radius 1 is 1.54 bits per heavy atom. The standard InChI is InChI=1S/C9H11FN2O/c10-5-3-7(13)9(12)4-1-2-6(11)8(4)5/h3,6,13H,1-2,11-12H2/t6-/m0/s1. The monoisotopic (exact) mass is 182 g/mol. The SMILES string of the molecule is Nc1c(O)cc(F)c2c1CC[C@@H]2N. The highest BCUT2D eigenvalue weighted by Crippen LogP contribution is 2.39. The quantitative estimate of drug-likeness (QED) is 0.415. The molecule has 0 heterocycles. The lowest BCUT2D eigenvalue weighted by molar-refractivity contribution is 0.470. The van der Waals surface area contributed by atoms with Crippen LogP contribution < -0.4 is 11.5 Å². The molecule has 1 aliphatic carbocycles. The first-order valence-corrected chi connectivity index (χ1v) is 4.16. The smallest absolute Gasteiger partial charge is 0.141 e. The van der Waals surface area contributed by atoms with Crippen LogP contribution in [0.15, 0.2) is 6.07 Å². The van der Waals surface area contributed by atoms with E-state index >= 15 is 0 Å². The predicted octanol–water partition coefficient (Wildman–Crippen LogP) is 1.06. The largest absolute Gasteiger partial charge is 0.506 e. The van der Waals surface area contributed by atoms with Crippen molar-refractivity contribution in [1.29, 1.82) is 0 Å². The Balaban J connectivity index is 2.69. The summed E-state index contributed by atoms with van der Waals surface area (Å²) in [5, 5.41) is 9.24. The average Bonchev–Trinajstić information content (AvgIpc) is 2.44. The van der Waals surface area contributed by atoms with Gasteiger partial charge in [-0.2, -0.15) is 0 Å².